The quantitative estimate of drug-likeness (QED) is 0.868. The van der Waals surface area contributed by atoms with Crippen LogP contribution in [-0.2, 0) is 19.1 Å². The van der Waals surface area contributed by atoms with Crippen LogP contribution >= 0.6 is 0 Å². The third kappa shape index (κ3) is 3.28. The molecule has 2 amide bonds. The first kappa shape index (κ1) is 16.1. The molecule has 0 radical (unpaired) electrons. The second kappa shape index (κ2) is 6.79. The molecule has 1 unspecified atom stereocenters. The predicted molar refractivity (Wildman–Crippen MR) is 84.6 cm³/mol. The van der Waals surface area contributed by atoms with Crippen molar-refractivity contribution >= 4 is 29.2 Å². The highest BCUT2D eigenvalue weighted by molar-refractivity contribution is 6.40. The monoisotopic (exact) mass is 331 g/mol. The fourth-order valence-corrected chi connectivity index (χ4v) is 2.64. The molecule has 8 heteroatoms. The number of nitrogens with zero attached hydrogens (tertiary/aromatic N) is 3. The van der Waals surface area contributed by atoms with E-state index in [9.17, 15) is 14.4 Å². The normalized spacial score (nSPS) is 21.4. The molecule has 1 aromatic carbocycles. The van der Waals surface area contributed by atoms with Crippen molar-refractivity contribution in [3.05, 3.63) is 30.3 Å². The van der Waals surface area contributed by atoms with Crippen LogP contribution in [-0.4, -0.2) is 59.3 Å². The van der Waals surface area contributed by atoms with Gasteiger partial charge in [-0.15, -0.1) is 0 Å². The van der Waals surface area contributed by atoms with E-state index in [1.165, 1.54) is 9.91 Å². The number of hydrogen-bond acceptors (Lipinski definition) is 5. The van der Waals surface area contributed by atoms with Gasteiger partial charge < -0.3 is 14.7 Å². The Kier molecular flexibility index (Phi) is 4.57. The largest absolute Gasteiger partial charge is 0.479 e. The van der Waals surface area contributed by atoms with E-state index in [4.69, 9.17) is 9.84 Å². The summed E-state index contributed by atoms with van der Waals surface area (Å²) in [5.41, 5.74) is 0.849. The fourth-order valence-electron chi connectivity index (χ4n) is 2.64. The molecule has 0 aliphatic carbocycles. The number of ether oxygens (including phenoxy) is 1. The maximum Gasteiger partial charge on any atom is 0.334 e. The molecule has 0 bridgehead atoms. The van der Waals surface area contributed by atoms with E-state index in [1.54, 1.807) is 24.3 Å². The molecule has 2 aliphatic heterocycles. The fraction of sp³-hybridized carbons (Fsp3) is 0.375. The number of hydrazone groups is 1. The molecular formula is C16H17N3O5. The van der Waals surface area contributed by atoms with Crippen molar-refractivity contribution in [1.29, 1.82) is 0 Å². The smallest absolute Gasteiger partial charge is 0.334 e. The van der Waals surface area contributed by atoms with Crippen molar-refractivity contribution in [2.24, 2.45) is 5.10 Å². The Morgan fingerprint density at radius 3 is 2.67 bits per heavy atom. The molecule has 2 heterocycles. The Balaban J connectivity index is 1.79. The molecule has 1 saturated heterocycles. The number of hydrogen-bond donors (Lipinski definition) is 1. The number of carbonyl (C=O) groups is 3. The van der Waals surface area contributed by atoms with E-state index in [0.29, 0.717) is 12.2 Å². The minimum atomic E-state index is -1.10. The lowest BCUT2D eigenvalue weighted by Gasteiger charge is -2.32. The second-order valence-corrected chi connectivity index (χ2v) is 5.54. The number of morpholine rings is 1. The number of carbonyl (C=O) groups excluding carboxylic acids is 2. The molecule has 0 aromatic heterocycles. The summed E-state index contributed by atoms with van der Waals surface area (Å²) in [6, 6.07) is 8.88. The van der Waals surface area contributed by atoms with Crippen LogP contribution in [0.1, 0.15) is 12.8 Å². The van der Waals surface area contributed by atoms with E-state index in [1.807, 2.05) is 6.07 Å². The van der Waals surface area contributed by atoms with Crippen LogP contribution in [0.4, 0.5) is 5.69 Å². The Morgan fingerprint density at radius 1 is 1.21 bits per heavy atom. The number of aliphatic carboxylic acids is 1. The van der Waals surface area contributed by atoms with Gasteiger partial charge >= 0.3 is 5.97 Å². The minimum absolute atomic E-state index is 0.0214. The Labute approximate surface area is 138 Å². The Hall–Kier alpha value is -2.74. The zero-order chi connectivity index (χ0) is 17.1. The molecular weight excluding hydrogens is 314 g/mol. The summed E-state index contributed by atoms with van der Waals surface area (Å²) in [5, 5.41) is 14.5. The van der Waals surface area contributed by atoms with Crippen molar-refractivity contribution < 1.29 is 24.2 Å². The van der Waals surface area contributed by atoms with Crippen molar-refractivity contribution in [2.75, 3.05) is 24.7 Å². The summed E-state index contributed by atoms with van der Waals surface area (Å²) in [5.74, 6) is -1.62. The number of amides is 2. The molecule has 8 nitrogen and oxygen atoms in total. The van der Waals surface area contributed by atoms with Crippen LogP contribution < -0.4 is 5.01 Å². The minimum Gasteiger partial charge on any atom is -0.479 e. The molecule has 2 aliphatic rings. The second-order valence-electron chi connectivity index (χ2n) is 5.54. The van der Waals surface area contributed by atoms with Gasteiger partial charge in [-0.25, -0.2) is 9.80 Å². The lowest BCUT2D eigenvalue weighted by molar-refractivity contribution is -0.157. The lowest BCUT2D eigenvalue weighted by Crippen LogP contribution is -2.51. The summed E-state index contributed by atoms with van der Waals surface area (Å²) in [6.45, 7) is 0.449. The average molecular weight is 331 g/mol. The maximum absolute atomic E-state index is 12.6. The summed E-state index contributed by atoms with van der Waals surface area (Å²) in [7, 11) is 0. The van der Waals surface area contributed by atoms with E-state index >= 15 is 0 Å². The molecule has 1 N–H and O–H groups in total. The number of carboxylic acid groups (broad SMARTS) is 1. The van der Waals surface area contributed by atoms with Gasteiger partial charge in [-0.2, -0.15) is 5.10 Å². The molecule has 0 spiro atoms. The first-order valence-electron chi connectivity index (χ1n) is 7.65. The maximum atomic E-state index is 12.6. The highest BCUT2D eigenvalue weighted by Crippen LogP contribution is 2.20. The highest BCUT2D eigenvalue weighted by Gasteiger charge is 2.33. The van der Waals surface area contributed by atoms with E-state index in [2.05, 4.69) is 5.10 Å². The number of rotatable bonds is 3. The van der Waals surface area contributed by atoms with Crippen molar-refractivity contribution in [3.63, 3.8) is 0 Å². The molecule has 126 valence electrons. The predicted octanol–water partition coefficient (Wildman–Crippen LogP) is 0.481. The van der Waals surface area contributed by atoms with Gasteiger partial charge in [0.1, 0.15) is 5.71 Å². The number of carboxylic acids is 1. The van der Waals surface area contributed by atoms with Gasteiger partial charge in [0.15, 0.2) is 6.10 Å². The summed E-state index contributed by atoms with van der Waals surface area (Å²) in [6.07, 6.45) is -0.596. The lowest BCUT2D eigenvalue weighted by atomic mass is 10.1. The van der Waals surface area contributed by atoms with Crippen molar-refractivity contribution in [3.8, 4) is 0 Å². The van der Waals surface area contributed by atoms with Gasteiger partial charge in [-0.3, -0.25) is 9.59 Å². The van der Waals surface area contributed by atoms with Crippen molar-refractivity contribution in [1.82, 2.24) is 4.90 Å². The molecule has 3 rings (SSSR count). The van der Waals surface area contributed by atoms with Crippen LogP contribution in [0, 0.1) is 0 Å². The van der Waals surface area contributed by atoms with Gasteiger partial charge in [0, 0.05) is 19.4 Å². The third-order valence-corrected chi connectivity index (χ3v) is 3.91. The first-order valence-corrected chi connectivity index (χ1v) is 7.65. The SMILES string of the molecule is O=C(O)C1CN(C(=O)C2=NN(c3ccccc3)C(=O)CC2)CCO1. The average Bonchev–Trinajstić information content (AvgIpc) is 2.62. The zero-order valence-electron chi connectivity index (χ0n) is 12.9. The van der Waals surface area contributed by atoms with E-state index < -0.39 is 12.1 Å². The molecule has 1 aromatic rings. The molecule has 0 saturated carbocycles. The third-order valence-electron chi connectivity index (χ3n) is 3.91. The van der Waals surface area contributed by atoms with Gasteiger partial charge in [0.2, 0.25) is 5.91 Å². The summed E-state index contributed by atoms with van der Waals surface area (Å²) >= 11 is 0. The summed E-state index contributed by atoms with van der Waals surface area (Å²) < 4.78 is 5.12. The van der Waals surface area contributed by atoms with Crippen molar-refractivity contribution in [2.45, 2.75) is 18.9 Å². The number of benzene rings is 1. The Bertz CT molecular complexity index is 688. The topological polar surface area (TPSA) is 99.5 Å². The van der Waals surface area contributed by atoms with E-state index in [-0.39, 0.29) is 43.5 Å². The van der Waals surface area contributed by atoms with Crippen LogP contribution in [0.5, 0.6) is 0 Å². The van der Waals surface area contributed by atoms with Crippen LogP contribution in [0.2, 0.25) is 0 Å². The molecule has 1 atom stereocenters. The van der Waals surface area contributed by atoms with Gasteiger partial charge in [0.25, 0.3) is 5.91 Å². The standard InChI is InChI=1S/C16H17N3O5/c20-14-7-6-12(17-19(14)11-4-2-1-3-5-11)15(21)18-8-9-24-13(10-18)16(22)23/h1-5,13H,6-10H2,(H,22,23). The highest BCUT2D eigenvalue weighted by atomic mass is 16.5. The van der Waals surface area contributed by atoms with Gasteiger partial charge in [0.05, 0.1) is 18.8 Å². The Morgan fingerprint density at radius 2 is 1.96 bits per heavy atom. The molecule has 24 heavy (non-hydrogen) atoms. The molecule has 1 fully saturated rings. The zero-order valence-corrected chi connectivity index (χ0v) is 12.9. The number of para-hydroxylation sites is 1. The summed E-state index contributed by atoms with van der Waals surface area (Å²) in [4.78, 5) is 37.1. The van der Waals surface area contributed by atoms with Gasteiger partial charge in [-0.1, -0.05) is 18.2 Å². The van der Waals surface area contributed by atoms with Crippen LogP contribution in [0.25, 0.3) is 0 Å². The van der Waals surface area contributed by atoms with Gasteiger partial charge in [-0.05, 0) is 12.1 Å². The van der Waals surface area contributed by atoms with Crippen LogP contribution in [0.15, 0.2) is 35.4 Å². The first-order chi connectivity index (χ1) is 11.6. The number of anilines is 1. The van der Waals surface area contributed by atoms with E-state index in [0.717, 1.165) is 0 Å². The van der Waals surface area contributed by atoms with Crippen LogP contribution in [0.3, 0.4) is 0 Å².